The van der Waals surface area contributed by atoms with Crippen molar-refractivity contribution in [3.63, 3.8) is 0 Å². The maximum Gasteiger partial charge on any atom is 0.0626 e. The Morgan fingerprint density at radius 1 is 1.67 bits per heavy atom. The lowest BCUT2D eigenvalue weighted by molar-refractivity contribution is 0.151. The maximum atomic E-state index is 5.86. The Morgan fingerprint density at radius 2 is 2.42 bits per heavy atom. The molecule has 0 bridgehead atoms. The van der Waals surface area contributed by atoms with E-state index in [-0.39, 0.29) is 6.04 Å². The summed E-state index contributed by atoms with van der Waals surface area (Å²) < 4.78 is 5.00. The zero-order valence-corrected chi connectivity index (χ0v) is 8.12. The van der Waals surface area contributed by atoms with Gasteiger partial charge in [-0.25, -0.2) is 0 Å². The van der Waals surface area contributed by atoms with Crippen LogP contribution in [-0.4, -0.2) is 43.8 Å². The highest BCUT2D eigenvalue weighted by Gasteiger charge is 2.21. The smallest absolute Gasteiger partial charge is 0.0626 e. The van der Waals surface area contributed by atoms with Gasteiger partial charge in [-0.2, -0.15) is 0 Å². The molecule has 2 N–H and O–H groups in total. The van der Waals surface area contributed by atoms with Gasteiger partial charge in [0, 0.05) is 25.7 Å². The average Bonchev–Trinajstić information content (AvgIpc) is 2.37. The molecule has 2 atom stereocenters. The fourth-order valence-corrected chi connectivity index (χ4v) is 1.83. The van der Waals surface area contributed by atoms with Gasteiger partial charge in [-0.05, 0) is 26.3 Å². The van der Waals surface area contributed by atoms with Crippen LogP contribution in [0, 0.1) is 0 Å². The summed E-state index contributed by atoms with van der Waals surface area (Å²) in [6.45, 7) is 5.13. The molecule has 0 saturated carbocycles. The molecule has 0 amide bonds. The summed E-state index contributed by atoms with van der Waals surface area (Å²) in [4.78, 5) is 2.45. The minimum atomic E-state index is 0.176. The van der Waals surface area contributed by atoms with Crippen LogP contribution in [0.1, 0.15) is 19.8 Å². The first-order valence-electron chi connectivity index (χ1n) is 4.72. The molecule has 0 radical (unpaired) electrons. The molecule has 1 saturated heterocycles. The fourth-order valence-electron chi connectivity index (χ4n) is 1.83. The summed E-state index contributed by atoms with van der Waals surface area (Å²) in [5.41, 5.74) is 5.86. The van der Waals surface area contributed by atoms with Gasteiger partial charge in [0.15, 0.2) is 0 Å². The zero-order valence-electron chi connectivity index (χ0n) is 8.12. The molecule has 1 heterocycles. The molecule has 0 aliphatic carbocycles. The van der Waals surface area contributed by atoms with E-state index in [0.29, 0.717) is 12.6 Å². The highest BCUT2D eigenvalue weighted by atomic mass is 16.5. The molecule has 1 rings (SSSR count). The molecule has 1 aliphatic heterocycles. The molecule has 3 heteroatoms. The molecular weight excluding hydrogens is 152 g/mol. The van der Waals surface area contributed by atoms with Gasteiger partial charge in [0.25, 0.3) is 0 Å². The Balaban J connectivity index is 2.20. The molecule has 3 nitrogen and oxygen atoms in total. The van der Waals surface area contributed by atoms with Crippen molar-refractivity contribution in [1.29, 1.82) is 0 Å². The molecular formula is C9H20N2O. The van der Waals surface area contributed by atoms with E-state index in [0.717, 1.165) is 6.54 Å². The topological polar surface area (TPSA) is 38.5 Å². The highest BCUT2D eigenvalue weighted by Crippen LogP contribution is 2.15. The van der Waals surface area contributed by atoms with Gasteiger partial charge in [0.1, 0.15) is 0 Å². The van der Waals surface area contributed by atoms with Crippen molar-refractivity contribution < 1.29 is 4.74 Å². The molecule has 12 heavy (non-hydrogen) atoms. The average molecular weight is 172 g/mol. The number of likely N-dealkylation sites (tertiary alicyclic amines) is 1. The number of nitrogens with zero attached hydrogens (tertiary/aromatic N) is 1. The normalized spacial score (nSPS) is 27.8. The standard InChI is InChI=1S/C9H20N2O/c1-8-4-3-5-11(8)6-9(10)7-12-2/h8-9H,3-7,10H2,1-2H3. The Morgan fingerprint density at radius 3 is 2.92 bits per heavy atom. The van der Waals surface area contributed by atoms with Crippen LogP contribution in [0.2, 0.25) is 0 Å². The fraction of sp³-hybridized carbons (Fsp3) is 1.00. The lowest BCUT2D eigenvalue weighted by atomic mass is 10.2. The molecule has 72 valence electrons. The lowest BCUT2D eigenvalue weighted by Gasteiger charge is -2.24. The summed E-state index contributed by atoms with van der Waals surface area (Å²) >= 11 is 0. The number of ether oxygens (including phenoxy) is 1. The molecule has 0 aromatic carbocycles. The first-order valence-corrected chi connectivity index (χ1v) is 4.72. The van der Waals surface area contributed by atoms with E-state index in [2.05, 4.69) is 11.8 Å². The largest absolute Gasteiger partial charge is 0.383 e. The van der Waals surface area contributed by atoms with E-state index in [1.54, 1.807) is 7.11 Å². The van der Waals surface area contributed by atoms with E-state index in [4.69, 9.17) is 10.5 Å². The maximum absolute atomic E-state index is 5.86. The van der Waals surface area contributed by atoms with E-state index >= 15 is 0 Å². The molecule has 1 aliphatic rings. The third-order valence-corrected chi connectivity index (χ3v) is 2.54. The van der Waals surface area contributed by atoms with Crippen LogP contribution in [0.3, 0.4) is 0 Å². The van der Waals surface area contributed by atoms with Crippen molar-refractivity contribution in [3.8, 4) is 0 Å². The number of hydrogen-bond donors (Lipinski definition) is 1. The molecule has 2 unspecified atom stereocenters. The van der Waals surface area contributed by atoms with Crippen molar-refractivity contribution >= 4 is 0 Å². The molecule has 0 spiro atoms. The highest BCUT2D eigenvalue weighted by molar-refractivity contribution is 4.78. The number of methoxy groups -OCH3 is 1. The SMILES string of the molecule is COCC(N)CN1CCCC1C. The Kier molecular flexibility index (Phi) is 3.98. The van der Waals surface area contributed by atoms with Crippen molar-refractivity contribution in [2.45, 2.75) is 31.8 Å². The van der Waals surface area contributed by atoms with Gasteiger partial charge >= 0.3 is 0 Å². The summed E-state index contributed by atoms with van der Waals surface area (Å²) in [5.74, 6) is 0. The van der Waals surface area contributed by atoms with E-state index in [1.807, 2.05) is 0 Å². The Bertz CT molecular complexity index is 130. The molecule has 1 fully saturated rings. The summed E-state index contributed by atoms with van der Waals surface area (Å²) in [6, 6.07) is 0.892. The van der Waals surface area contributed by atoms with Crippen molar-refractivity contribution in [1.82, 2.24) is 4.90 Å². The van der Waals surface area contributed by atoms with Crippen LogP contribution < -0.4 is 5.73 Å². The second kappa shape index (κ2) is 4.80. The second-order valence-electron chi connectivity index (χ2n) is 3.70. The van der Waals surface area contributed by atoms with Crippen LogP contribution in [0.15, 0.2) is 0 Å². The summed E-state index contributed by atoms with van der Waals surface area (Å²) in [5, 5.41) is 0. The van der Waals surface area contributed by atoms with Gasteiger partial charge in [0.2, 0.25) is 0 Å². The van der Waals surface area contributed by atoms with Crippen LogP contribution in [-0.2, 0) is 4.74 Å². The number of nitrogens with two attached hydrogens (primary N) is 1. The van der Waals surface area contributed by atoms with Crippen LogP contribution >= 0.6 is 0 Å². The minimum Gasteiger partial charge on any atom is -0.383 e. The first-order chi connectivity index (χ1) is 5.74. The summed E-state index contributed by atoms with van der Waals surface area (Å²) in [6.07, 6.45) is 2.64. The third-order valence-electron chi connectivity index (χ3n) is 2.54. The second-order valence-corrected chi connectivity index (χ2v) is 3.70. The zero-order chi connectivity index (χ0) is 8.97. The Hall–Kier alpha value is -0.120. The predicted molar refractivity (Wildman–Crippen MR) is 50.1 cm³/mol. The third kappa shape index (κ3) is 2.73. The van der Waals surface area contributed by atoms with Crippen molar-refractivity contribution in [2.24, 2.45) is 5.73 Å². The van der Waals surface area contributed by atoms with Gasteiger partial charge in [-0.15, -0.1) is 0 Å². The minimum absolute atomic E-state index is 0.176. The lowest BCUT2D eigenvalue weighted by Crippen LogP contribution is -2.41. The number of rotatable bonds is 4. The monoisotopic (exact) mass is 172 g/mol. The molecule has 0 aromatic heterocycles. The van der Waals surface area contributed by atoms with Crippen LogP contribution in [0.4, 0.5) is 0 Å². The van der Waals surface area contributed by atoms with E-state index in [1.165, 1.54) is 19.4 Å². The van der Waals surface area contributed by atoms with E-state index < -0.39 is 0 Å². The van der Waals surface area contributed by atoms with E-state index in [9.17, 15) is 0 Å². The van der Waals surface area contributed by atoms with Crippen LogP contribution in [0.25, 0.3) is 0 Å². The van der Waals surface area contributed by atoms with Gasteiger partial charge in [0.05, 0.1) is 6.61 Å². The van der Waals surface area contributed by atoms with Gasteiger partial charge < -0.3 is 10.5 Å². The summed E-state index contributed by atoms with van der Waals surface area (Å²) in [7, 11) is 1.70. The quantitative estimate of drug-likeness (QED) is 0.669. The van der Waals surface area contributed by atoms with Crippen molar-refractivity contribution in [2.75, 3.05) is 26.8 Å². The first kappa shape index (κ1) is 9.96. The number of hydrogen-bond acceptors (Lipinski definition) is 3. The Labute approximate surface area is 74.9 Å². The van der Waals surface area contributed by atoms with Gasteiger partial charge in [-0.3, -0.25) is 4.90 Å². The van der Waals surface area contributed by atoms with Crippen LogP contribution in [0.5, 0.6) is 0 Å². The van der Waals surface area contributed by atoms with Crippen molar-refractivity contribution in [3.05, 3.63) is 0 Å². The predicted octanol–water partition coefficient (Wildman–Crippen LogP) is 0.444. The van der Waals surface area contributed by atoms with Gasteiger partial charge in [-0.1, -0.05) is 0 Å². The molecule has 0 aromatic rings.